The van der Waals surface area contributed by atoms with Gasteiger partial charge in [-0.1, -0.05) is 47.5 Å². The maximum Gasteiger partial charge on any atom is 0.224 e. The Bertz CT molecular complexity index is 1040. The average Bonchev–Trinajstić information content (AvgIpc) is 3.19. The van der Waals surface area contributed by atoms with Crippen LogP contribution in [0, 0.1) is 6.92 Å². The Morgan fingerprint density at radius 1 is 1.10 bits per heavy atom. The minimum atomic E-state index is -0.465. The van der Waals surface area contributed by atoms with Crippen LogP contribution in [0.4, 0.5) is 5.69 Å². The molecule has 4 rings (SSSR count). The van der Waals surface area contributed by atoms with Gasteiger partial charge in [0.1, 0.15) is 10.5 Å². The van der Waals surface area contributed by atoms with Gasteiger partial charge >= 0.3 is 0 Å². The molecule has 0 aliphatic carbocycles. The second-order valence-corrected chi connectivity index (χ2v) is 9.66. The van der Waals surface area contributed by atoms with E-state index in [0.29, 0.717) is 16.6 Å². The van der Waals surface area contributed by atoms with Gasteiger partial charge in [0.05, 0.1) is 0 Å². The molecule has 7 heteroatoms. The monoisotopic (exact) mass is 473 g/mol. The highest BCUT2D eigenvalue weighted by atomic mass is 35.5. The van der Waals surface area contributed by atoms with Crippen molar-refractivity contribution in [3.8, 4) is 0 Å². The van der Waals surface area contributed by atoms with Gasteiger partial charge < -0.3 is 0 Å². The Kier molecular flexibility index (Phi) is 6.68. The second kappa shape index (κ2) is 9.29. The van der Waals surface area contributed by atoms with Crippen molar-refractivity contribution in [1.82, 2.24) is 9.88 Å². The van der Waals surface area contributed by atoms with Crippen LogP contribution < -0.4 is 4.90 Å². The van der Waals surface area contributed by atoms with Crippen molar-refractivity contribution in [2.24, 2.45) is 0 Å². The fraction of sp³-hybridized carbons (Fsp3) is 0.333. The van der Waals surface area contributed by atoms with Crippen LogP contribution in [0.3, 0.4) is 0 Å². The average molecular weight is 474 g/mol. The molecular formula is C24H25Cl2N3OS. The number of halogens is 2. The fourth-order valence-corrected chi connectivity index (χ4v) is 5.96. The van der Waals surface area contributed by atoms with E-state index >= 15 is 0 Å². The molecule has 0 N–H and O–H groups in total. The summed E-state index contributed by atoms with van der Waals surface area (Å²) in [4.78, 5) is 22.1. The number of hydrogen-bond acceptors (Lipinski definition) is 4. The first kappa shape index (κ1) is 22.3. The highest BCUT2D eigenvalue weighted by Crippen LogP contribution is 2.43. The van der Waals surface area contributed by atoms with Gasteiger partial charge in [0.25, 0.3) is 0 Å². The van der Waals surface area contributed by atoms with E-state index in [1.165, 1.54) is 0 Å². The lowest BCUT2D eigenvalue weighted by atomic mass is 9.85. The number of benzene rings is 2. The third kappa shape index (κ3) is 4.51. The van der Waals surface area contributed by atoms with Crippen molar-refractivity contribution >= 4 is 46.1 Å². The molecule has 0 atom stereocenters. The number of aryl methyl sites for hydroxylation is 1. The van der Waals surface area contributed by atoms with E-state index in [9.17, 15) is 4.79 Å². The minimum Gasteiger partial charge on any atom is -0.300 e. The van der Waals surface area contributed by atoms with Crippen LogP contribution in [-0.2, 0) is 16.9 Å². The normalized spacial score (nSPS) is 16.3. The van der Waals surface area contributed by atoms with Crippen LogP contribution in [-0.4, -0.2) is 28.9 Å². The first-order valence-corrected chi connectivity index (χ1v) is 12.0. The maximum absolute atomic E-state index is 12.9. The maximum atomic E-state index is 12.9. The Balaban J connectivity index is 1.66. The number of anilines is 1. The molecule has 2 aromatic carbocycles. The lowest BCUT2D eigenvalue weighted by molar-refractivity contribution is -0.118. The van der Waals surface area contributed by atoms with Crippen molar-refractivity contribution in [3.05, 3.63) is 80.2 Å². The van der Waals surface area contributed by atoms with Crippen molar-refractivity contribution in [3.63, 3.8) is 0 Å². The van der Waals surface area contributed by atoms with Crippen molar-refractivity contribution < 1.29 is 4.79 Å². The van der Waals surface area contributed by atoms with Crippen LogP contribution in [0.15, 0.2) is 53.9 Å². The van der Waals surface area contributed by atoms with Gasteiger partial charge in [0.15, 0.2) is 0 Å². The smallest absolute Gasteiger partial charge is 0.224 e. The summed E-state index contributed by atoms with van der Waals surface area (Å²) in [6.07, 6.45) is 1.58. The van der Waals surface area contributed by atoms with E-state index in [0.717, 1.165) is 47.9 Å². The molecule has 2 heterocycles. The van der Waals surface area contributed by atoms with Crippen LogP contribution in [0.2, 0.25) is 10.0 Å². The quantitative estimate of drug-likeness (QED) is 0.435. The molecule has 1 aromatic heterocycles. The molecule has 0 unspecified atom stereocenters. The number of carbonyl (C=O) groups is 1. The molecule has 1 aliphatic heterocycles. The number of likely N-dealkylation sites (tertiary alicyclic amines) is 1. The molecule has 1 amide bonds. The summed E-state index contributed by atoms with van der Waals surface area (Å²) >= 11 is 14.4. The van der Waals surface area contributed by atoms with Crippen molar-refractivity contribution in [2.45, 2.75) is 38.8 Å². The van der Waals surface area contributed by atoms with Crippen LogP contribution in [0.1, 0.15) is 36.0 Å². The van der Waals surface area contributed by atoms with E-state index in [4.69, 9.17) is 28.2 Å². The number of nitrogens with zero attached hydrogens (tertiary/aromatic N) is 3. The van der Waals surface area contributed by atoms with E-state index in [1.54, 1.807) is 18.3 Å². The van der Waals surface area contributed by atoms with Crippen LogP contribution >= 0.6 is 34.5 Å². The fourth-order valence-electron chi connectivity index (χ4n) is 4.40. The van der Waals surface area contributed by atoms with Gasteiger partial charge in [-0.05, 0) is 44.0 Å². The lowest BCUT2D eigenvalue weighted by Crippen LogP contribution is -2.55. The van der Waals surface area contributed by atoms with Gasteiger partial charge in [0, 0.05) is 58.9 Å². The van der Waals surface area contributed by atoms with Gasteiger partial charge in [-0.15, -0.1) is 11.3 Å². The minimum absolute atomic E-state index is 0.0293. The molecule has 1 fully saturated rings. The molecule has 1 aliphatic rings. The largest absolute Gasteiger partial charge is 0.300 e. The predicted molar refractivity (Wildman–Crippen MR) is 129 cm³/mol. The summed E-state index contributed by atoms with van der Waals surface area (Å²) in [5.41, 5.74) is 2.38. The van der Waals surface area contributed by atoms with E-state index < -0.39 is 5.54 Å². The third-order valence-corrected chi connectivity index (χ3v) is 7.76. The first-order chi connectivity index (χ1) is 14.9. The summed E-state index contributed by atoms with van der Waals surface area (Å²) in [6, 6.07) is 15.5. The molecule has 0 bridgehead atoms. The molecular weight excluding hydrogens is 449 g/mol. The number of rotatable bonds is 5. The number of para-hydroxylation sites is 1. The number of amides is 1. The predicted octanol–water partition coefficient (Wildman–Crippen LogP) is 6.30. The number of aromatic nitrogens is 1. The number of piperidine rings is 1. The van der Waals surface area contributed by atoms with E-state index in [2.05, 4.69) is 10.3 Å². The summed E-state index contributed by atoms with van der Waals surface area (Å²) in [5.74, 6) is 0.0293. The Morgan fingerprint density at radius 3 is 2.29 bits per heavy atom. The Hall–Kier alpha value is -1.92. The molecule has 0 radical (unpaired) electrons. The lowest BCUT2D eigenvalue weighted by Gasteiger charge is -2.47. The van der Waals surface area contributed by atoms with Gasteiger partial charge in [-0.25, -0.2) is 4.98 Å². The summed E-state index contributed by atoms with van der Waals surface area (Å²) in [7, 11) is 0. The zero-order chi connectivity index (χ0) is 22.0. The molecule has 4 nitrogen and oxygen atoms in total. The topological polar surface area (TPSA) is 36.4 Å². The van der Waals surface area contributed by atoms with Crippen LogP contribution in [0.5, 0.6) is 0 Å². The highest BCUT2D eigenvalue weighted by Gasteiger charge is 2.45. The van der Waals surface area contributed by atoms with E-state index in [-0.39, 0.29) is 5.91 Å². The third-order valence-electron chi connectivity index (χ3n) is 5.90. The molecule has 162 valence electrons. The highest BCUT2D eigenvalue weighted by molar-refractivity contribution is 7.09. The van der Waals surface area contributed by atoms with Gasteiger partial charge in [0.2, 0.25) is 5.91 Å². The zero-order valence-electron chi connectivity index (χ0n) is 17.6. The summed E-state index contributed by atoms with van der Waals surface area (Å²) in [5, 5.41) is 4.44. The number of hydrogen-bond donors (Lipinski definition) is 0. The van der Waals surface area contributed by atoms with E-state index in [1.807, 2.05) is 60.4 Å². The van der Waals surface area contributed by atoms with Crippen LogP contribution in [0.25, 0.3) is 0 Å². The first-order valence-electron chi connectivity index (χ1n) is 10.3. The molecule has 0 saturated carbocycles. The Morgan fingerprint density at radius 2 is 1.74 bits per heavy atom. The standard InChI is InChI=1S/C24H25Cl2N3OS/c1-17-16-31-23(27-17)24(29(18(2)30)19-7-4-3-5-8-19)11-13-28(14-12-24)15-20-21(25)9-6-10-22(20)26/h3-10,16H,11-15H2,1-2H3. The van der Waals surface area contributed by atoms with Gasteiger partial charge in [-0.2, -0.15) is 0 Å². The molecule has 3 aromatic rings. The number of thiazole rings is 1. The van der Waals surface area contributed by atoms with Crippen molar-refractivity contribution in [1.29, 1.82) is 0 Å². The molecule has 1 saturated heterocycles. The van der Waals surface area contributed by atoms with Crippen molar-refractivity contribution in [2.75, 3.05) is 18.0 Å². The van der Waals surface area contributed by atoms with Gasteiger partial charge in [-0.3, -0.25) is 14.6 Å². The second-order valence-electron chi connectivity index (χ2n) is 7.99. The zero-order valence-corrected chi connectivity index (χ0v) is 20.0. The Labute approximate surface area is 197 Å². The molecule has 31 heavy (non-hydrogen) atoms. The summed E-state index contributed by atoms with van der Waals surface area (Å²) in [6.45, 7) is 5.97. The SMILES string of the molecule is CC(=O)N(c1ccccc1)C1(c2nc(C)cs2)CCN(Cc2c(Cl)cccc2Cl)CC1. The molecule has 0 spiro atoms. The number of carbonyl (C=O) groups excluding carboxylic acids is 1. The summed E-state index contributed by atoms with van der Waals surface area (Å²) < 4.78 is 0.